The summed E-state index contributed by atoms with van der Waals surface area (Å²) in [6, 6.07) is 9.96. The third-order valence-corrected chi connectivity index (χ3v) is 2.44. The maximum absolute atomic E-state index is 5.96. The third kappa shape index (κ3) is 6.97. The molecule has 0 amide bonds. The second kappa shape index (κ2) is 8.09. The monoisotopic (exact) mass is 237 g/mol. The lowest BCUT2D eigenvalue weighted by Gasteiger charge is -2.13. The molecular weight excluding hydrogens is 214 g/mol. The second-order valence-electron chi connectivity index (χ2n) is 4.42. The van der Waals surface area contributed by atoms with E-state index < -0.39 is 0 Å². The van der Waals surface area contributed by atoms with Crippen molar-refractivity contribution in [3.05, 3.63) is 30.3 Å². The minimum absolute atomic E-state index is 0.150. The molecule has 3 nitrogen and oxygen atoms in total. The predicted molar refractivity (Wildman–Crippen MR) is 70.2 cm³/mol. The molecule has 0 fully saturated rings. The number of hydrogen-bond acceptors (Lipinski definition) is 3. The molecule has 17 heavy (non-hydrogen) atoms. The number of rotatable bonds is 8. The lowest BCUT2D eigenvalue weighted by atomic mass is 10.2. The van der Waals surface area contributed by atoms with Crippen LogP contribution in [0.15, 0.2) is 30.3 Å². The van der Waals surface area contributed by atoms with E-state index >= 15 is 0 Å². The minimum atomic E-state index is 0.150. The van der Waals surface area contributed by atoms with Gasteiger partial charge in [0.25, 0.3) is 0 Å². The van der Waals surface area contributed by atoms with Crippen LogP contribution in [0.25, 0.3) is 0 Å². The average molecular weight is 237 g/mol. The van der Waals surface area contributed by atoms with Crippen molar-refractivity contribution in [2.45, 2.75) is 38.8 Å². The van der Waals surface area contributed by atoms with E-state index in [9.17, 15) is 0 Å². The standard InChI is InChI=1S/C14H23NO2/c1-12(2)16-10-8-13(15)9-11-17-14-6-4-3-5-7-14/h3-7,12-13H,8-11,15H2,1-2H3. The zero-order valence-corrected chi connectivity index (χ0v) is 10.8. The fourth-order valence-corrected chi connectivity index (χ4v) is 1.44. The highest BCUT2D eigenvalue weighted by molar-refractivity contribution is 5.20. The highest BCUT2D eigenvalue weighted by Crippen LogP contribution is 2.09. The van der Waals surface area contributed by atoms with Crippen LogP contribution in [-0.4, -0.2) is 25.4 Å². The Morgan fingerprint density at radius 1 is 1.06 bits per heavy atom. The molecule has 0 aliphatic rings. The van der Waals surface area contributed by atoms with Gasteiger partial charge in [0.15, 0.2) is 0 Å². The normalized spacial score (nSPS) is 12.7. The Labute approximate surface area is 104 Å². The fraction of sp³-hybridized carbons (Fsp3) is 0.571. The Bertz CT molecular complexity index is 288. The summed E-state index contributed by atoms with van der Waals surface area (Å²) in [4.78, 5) is 0. The molecule has 0 spiro atoms. The van der Waals surface area contributed by atoms with E-state index in [-0.39, 0.29) is 12.1 Å². The van der Waals surface area contributed by atoms with Crippen molar-refractivity contribution in [1.82, 2.24) is 0 Å². The van der Waals surface area contributed by atoms with Crippen LogP contribution in [-0.2, 0) is 4.74 Å². The number of ether oxygens (including phenoxy) is 2. The smallest absolute Gasteiger partial charge is 0.119 e. The highest BCUT2D eigenvalue weighted by Gasteiger charge is 2.03. The maximum atomic E-state index is 5.96. The van der Waals surface area contributed by atoms with Crippen molar-refractivity contribution in [2.75, 3.05) is 13.2 Å². The maximum Gasteiger partial charge on any atom is 0.119 e. The molecule has 96 valence electrons. The van der Waals surface area contributed by atoms with Crippen LogP contribution in [0.1, 0.15) is 26.7 Å². The van der Waals surface area contributed by atoms with Crippen molar-refractivity contribution in [3.63, 3.8) is 0 Å². The van der Waals surface area contributed by atoms with Gasteiger partial charge in [-0.1, -0.05) is 18.2 Å². The zero-order valence-electron chi connectivity index (χ0n) is 10.8. The van der Waals surface area contributed by atoms with Crippen molar-refractivity contribution < 1.29 is 9.47 Å². The van der Waals surface area contributed by atoms with Gasteiger partial charge in [-0.3, -0.25) is 0 Å². The van der Waals surface area contributed by atoms with E-state index in [1.165, 1.54) is 0 Å². The molecule has 0 saturated carbocycles. The van der Waals surface area contributed by atoms with Crippen LogP contribution in [0, 0.1) is 0 Å². The van der Waals surface area contributed by atoms with Crippen molar-refractivity contribution in [2.24, 2.45) is 5.73 Å². The minimum Gasteiger partial charge on any atom is -0.494 e. The molecule has 1 rings (SSSR count). The summed E-state index contributed by atoms with van der Waals surface area (Å²) in [5.74, 6) is 0.901. The zero-order chi connectivity index (χ0) is 12.5. The SMILES string of the molecule is CC(C)OCCC(N)CCOc1ccccc1. The van der Waals surface area contributed by atoms with Crippen molar-refractivity contribution >= 4 is 0 Å². The van der Waals surface area contributed by atoms with Gasteiger partial charge in [-0.2, -0.15) is 0 Å². The summed E-state index contributed by atoms with van der Waals surface area (Å²) in [6.07, 6.45) is 2.02. The van der Waals surface area contributed by atoms with Gasteiger partial charge in [-0.15, -0.1) is 0 Å². The van der Waals surface area contributed by atoms with E-state index in [0.29, 0.717) is 6.61 Å². The van der Waals surface area contributed by atoms with Gasteiger partial charge in [0, 0.05) is 12.6 Å². The van der Waals surface area contributed by atoms with E-state index in [1.54, 1.807) is 0 Å². The van der Waals surface area contributed by atoms with E-state index in [4.69, 9.17) is 15.2 Å². The Morgan fingerprint density at radius 2 is 1.71 bits per heavy atom. The molecule has 0 saturated heterocycles. The summed E-state index contributed by atoms with van der Waals surface area (Å²) in [5.41, 5.74) is 5.96. The Morgan fingerprint density at radius 3 is 2.35 bits per heavy atom. The molecule has 3 heteroatoms. The van der Waals surface area contributed by atoms with Gasteiger partial charge in [-0.05, 0) is 38.8 Å². The van der Waals surface area contributed by atoms with Crippen LogP contribution in [0.5, 0.6) is 5.75 Å². The van der Waals surface area contributed by atoms with E-state index in [2.05, 4.69) is 0 Å². The summed E-state index contributed by atoms with van der Waals surface area (Å²) in [7, 11) is 0. The van der Waals surface area contributed by atoms with Gasteiger partial charge in [0.1, 0.15) is 5.75 Å². The van der Waals surface area contributed by atoms with E-state index in [1.807, 2.05) is 44.2 Å². The summed E-state index contributed by atoms with van der Waals surface area (Å²) < 4.78 is 11.0. The molecule has 1 atom stereocenters. The van der Waals surface area contributed by atoms with Gasteiger partial charge >= 0.3 is 0 Å². The van der Waals surface area contributed by atoms with Crippen LogP contribution >= 0.6 is 0 Å². The number of benzene rings is 1. The molecule has 0 aliphatic heterocycles. The van der Waals surface area contributed by atoms with Crippen molar-refractivity contribution in [1.29, 1.82) is 0 Å². The molecule has 1 aromatic carbocycles. The molecule has 2 N–H and O–H groups in total. The second-order valence-corrected chi connectivity index (χ2v) is 4.42. The molecule has 0 bridgehead atoms. The van der Waals surface area contributed by atoms with Crippen molar-refractivity contribution in [3.8, 4) is 5.75 Å². The van der Waals surface area contributed by atoms with Crippen LogP contribution < -0.4 is 10.5 Å². The summed E-state index contributed by atoms with van der Waals surface area (Å²) >= 11 is 0. The molecule has 1 unspecified atom stereocenters. The van der Waals surface area contributed by atoms with Crippen LogP contribution in [0.2, 0.25) is 0 Å². The Kier molecular flexibility index (Phi) is 6.67. The summed E-state index contributed by atoms with van der Waals surface area (Å²) in [5, 5.41) is 0. The number of nitrogens with two attached hydrogens (primary N) is 1. The van der Waals surface area contributed by atoms with Gasteiger partial charge in [0.2, 0.25) is 0 Å². The van der Waals surface area contributed by atoms with Gasteiger partial charge in [0.05, 0.1) is 12.7 Å². The van der Waals surface area contributed by atoms with Gasteiger partial charge < -0.3 is 15.2 Å². The molecule has 0 aliphatic carbocycles. The molecule has 0 radical (unpaired) electrons. The lowest BCUT2D eigenvalue weighted by Crippen LogP contribution is -2.25. The predicted octanol–water partition coefficient (Wildman–Crippen LogP) is 2.60. The molecule has 0 aromatic heterocycles. The first-order valence-corrected chi connectivity index (χ1v) is 6.23. The third-order valence-electron chi connectivity index (χ3n) is 2.44. The largest absolute Gasteiger partial charge is 0.494 e. The molecule has 0 heterocycles. The average Bonchev–Trinajstić information content (AvgIpc) is 2.30. The first-order chi connectivity index (χ1) is 8.18. The molecular formula is C14H23NO2. The van der Waals surface area contributed by atoms with Crippen LogP contribution in [0.3, 0.4) is 0 Å². The highest BCUT2D eigenvalue weighted by atomic mass is 16.5. The summed E-state index contributed by atoms with van der Waals surface area (Å²) in [6.45, 7) is 5.45. The Balaban J connectivity index is 2.06. The first-order valence-electron chi connectivity index (χ1n) is 6.23. The fourth-order valence-electron chi connectivity index (χ4n) is 1.44. The Hall–Kier alpha value is -1.06. The van der Waals surface area contributed by atoms with E-state index in [0.717, 1.165) is 25.2 Å². The quantitative estimate of drug-likeness (QED) is 0.756. The first kappa shape index (κ1) is 14.0. The lowest BCUT2D eigenvalue weighted by molar-refractivity contribution is 0.0724. The number of hydrogen-bond donors (Lipinski definition) is 1. The molecule has 1 aromatic rings. The van der Waals surface area contributed by atoms with Gasteiger partial charge in [-0.25, -0.2) is 0 Å². The number of para-hydroxylation sites is 1. The topological polar surface area (TPSA) is 44.5 Å². The van der Waals surface area contributed by atoms with Crippen LogP contribution in [0.4, 0.5) is 0 Å².